The number of anilines is 2. The minimum Gasteiger partial charge on any atom is -0.377 e. The maximum atomic E-state index is 13.3. The fraction of sp³-hybridized carbons (Fsp3) is 0.455. The summed E-state index contributed by atoms with van der Waals surface area (Å²) in [6.45, 7) is 6.31. The molecule has 0 bridgehead atoms. The number of halogens is 3. The van der Waals surface area contributed by atoms with Gasteiger partial charge >= 0.3 is 6.18 Å². The quantitative estimate of drug-likeness (QED) is 0.584. The third-order valence-electron chi connectivity index (χ3n) is 5.44. The van der Waals surface area contributed by atoms with Gasteiger partial charge in [0.05, 0.1) is 23.0 Å². The van der Waals surface area contributed by atoms with Gasteiger partial charge in [-0.05, 0) is 56.6 Å². The summed E-state index contributed by atoms with van der Waals surface area (Å²) >= 11 is 1.53. The van der Waals surface area contributed by atoms with Crippen LogP contribution in [-0.4, -0.2) is 43.8 Å². The standard InChI is InChI=1S/C22H25F3N2OS/c1-2-28-17-10-13-26(15-17)11-5-12-27-18-6-3-4-7-20(18)29-21-9-8-16(14-19(21)27)22(23,24)25/h3-4,6-9,14,17H,2,5,10-13,15H2,1H3. The van der Waals surface area contributed by atoms with E-state index in [0.717, 1.165) is 54.6 Å². The van der Waals surface area contributed by atoms with Gasteiger partial charge < -0.3 is 14.5 Å². The second kappa shape index (κ2) is 8.58. The van der Waals surface area contributed by atoms with E-state index >= 15 is 0 Å². The lowest BCUT2D eigenvalue weighted by atomic mass is 10.1. The van der Waals surface area contributed by atoms with E-state index in [-0.39, 0.29) is 0 Å². The molecule has 0 amide bonds. The Hall–Kier alpha value is -1.70. The number of para-hydroxylation sites is 1. The van der Waals surface area contributed by atoms with Crippen molar-refractivity contribution in [2.75, 3.05) is 37.7 Å². The predicted molar refractivity (Wildman–Crippen MR) is 110 cm³/mol. The number of nitrogens with zero attached hydrogens (tertiary/aromatic N) is 2. The van der Waals surface area contributed by atoms with Crippen LogP contribution in [0.2, 0.25) is 0 Å². The maximum absolute atomic E-state index is 13.3. The van der Waals surface area contributed by atoms with Gasteiger partial charge in [-0.3, -0.25) is 0 Å². The van der Waals surface area contributed by atoms with E-state index in [1.165, 1.54) is 23.9 Å². The normalized spacial score (nSPS) is 19.3. The molecule has 4 rings (SSSR count). The van der Waals surface area contributed by atoms with E-state index in [4.69, 9.17) is 4.74 Å². The van der Waals surface area contributed by atoms with Crippen LogP contribution in [0.3, 0.4) is 0 Å². The van der Waals surface area contributed by atoms with Crippen LogP contribution < -0.4 is 4.90 Å². The summed E-state index contributed by atoms with van der Waals surface area (Å²) in [6, 6.07) is 12.0. The molecule has 1 unspecified atom stereocenters. The number of hydrogen-bond donors (Lipinski definition) is 0. The monoisotopic (exact) mass is 422 g/mol. The van der Waals surface area contributed by atoms with Crippen LogP contribution in [0.4, 0.5) is 24.5 Å². The molecule has 3 nitrogen and oxygen atoms in total. The summed E-state index contributed by atoms with van der Waals surface area (Å²) in [5.41, 5.74) is 1.04. The molecule has 156 valence electrons. The molecule has 1 atom stereocenters. The Balaban J connectivity index is 1.51. The third kappa shape index (κ3) is 4.57. The molecule has 1 saturated heterocycles. The summed E-state index contributed by atoms with van der Waals surface area (Å²) in [4.78, 5) is 6.39. The van der Waals surface area contributed by atoms with Crippen LogP contribution in [0.5, 0.6) is 0 Å². The SMILES string of the molecule is CCOC1CCN(CCCN2c3ccccc3Sc3ccc(C(F)(F)F)cc32)C1. The predicted octanol–water partition coefficient (Wildman–Crippen LogP) is 5.81. The molecule has 0 spiro atoms. The molecule has 2 aliphatic rings. The Morgan fingerprint density at radius 1 is 1.07 bits per heavy atom. The van der Waals surface area contributed by atoms with Gasteiger partial charge in [0.15, 0.2) is 0 Å². The van der Waals surface area contributed by atoms with Crippen molar-refractivity contribution >= 4 is 23.1 Å². The molecule has 0 N–H and O–H groups in total. The Kier molecular flexibility index (Phi) is 6.08. The van der Waals surface area contributed by atoms with Crippen LogP contribution >= 0.6 is 11.8 Å². The summed E-state index contributed by atoms with van der Waals surface area (Å²) in [7, 11) is 0. The zero-order chi connectivity index (χ0) is 20.4. The Bertz CT molecular complexity index is 858. The molecule has 0 aliphatic carbocycles. The van der Waals surface area contributed by atoms with Crippen molar-refractivity contribution in [1.29, 1.82) is 0 Å². The lowest BCUT2D eigenvalue weighted by Crippen LogP contribution is -2.29. The number of hydrogen-bond acceptors (Lipinski definition) is 4. The summed E-state index contributed by atoms with van der Waals surface area (Å²) in [5.74, 6) is 0. The number of benzene rings is 2. The molecule has 2 aromatic rings. The average molecular weight is 423 g/mol. The molecular weight excluding hydrogens is 397 g/mol. The summed E-state index contributed by atoms with van der Waals surface area (Å²) in [5, 5.41) is 0. The Morgan fingerprint density at radius 2 is 1.86 bits per heavy atom. The van der Waals surface area contributed by atoms with Crippen molar-refractivity contribution in [3.05, 3.63) is 48.0 Å². The largest absolute Gasteiger partial charge is 0.416 e. The number of rotatable bonds is 6. The highest BCUT2D eigenvalue weighted by atomic mass is 32.2. The highest BCUT2D eigenvalue weighted by molar-refractivity contribution is 7.99. The van der Waals surface area contributed by atoms with E-state index in [9.17, 15) is 13.2 Å². The topological polar surface area (TPSA) is 15.7 Å². The minimum absolute atomic E-state index is 0.308. The van der Waals surface area contributed by atoms with Gasteiger partial charge in [-0.2, -0.15) is 13.2 Å². The first-order chi connectivity index (χ1) is 14.0. The minimum atomic E-state index is -4.34. The lowest BCUT2D eigenvalue weighted by molar-refractivity contribution is -0.137. The molecule has 2 aliphatic heterocycles. The van der Waals surface area contributed by atoms with Gasteiger partial charge in [0.2, 0.25) is 0 Å². The van der Waals surface area contributed by atoms with Gasteiger partial charge in [0.25, 0.3) is 0 Å². The number of likely N-dealkylation sites (tertiary alicyclic amines) is 1. The second-order valence-corrected chi connectivity index (χ2v) is 8.51. The molecular formula is C22H25F3N2OS. The van der Waals surface area contributed by atoms with E-state index < -0.39 is 11.7 Å². The van der Waals surface area contributed by atoms with Crippen LogP contribution in [0, 0.1) is 0 Å². The molecule has 29 heavy (non-hydrogen) atoms. The molecule has 1 fully saturated rings. The van der Waals surface area contributed by atoms with Crippen molar-refractivity contribution in [3.8, 4) is 0 Å². The number of fused-ring (bicyclic) bond motifs is 2. The van der Waals surface area contributed by atoms with Crippen LogP contribution in [0.15, 0.2) is 52.3 Å². The van der Waals surface area contributed by atoms with Crippen molar-refractivity contribution in [1.82, 2.24) is 4.90 Å². The van der Waals surface area contributed by atoms with Gasteiger partial charge in [0, 0.05) is 36.0 Å². The highest BCUT2D eigenvalue weighted by Crippen LogP contribution is 2.49. The Morgan fingerprint density at radius 3 is 2.66 bits per heavy atom. The molecule has 0 saturated carbocycles. The summed E-state index contributed by atoms with van der Waals surface area (Å²) in [6.07, 6.45) is -2.10. The van der Waals surface area contributed by atoms with Gasteiger partial charge in [-0.1, -0.05) is 23.9 Å². The fourth-order valence-electron chi connectivity index (χ4n) is 4.07. The first kappa shape index (κ1) is 20.6. The van der Waals surface area contributed by atoms with Crippen LogP contribution in [0.25, 0.3) is 0 Å². The fourth-order valence-corrected chi connectivity index (χ4v) is 5.15. The lowest BCUT2D eigenvalue weighted by Gasteiger charge is -2.33. The zero-order valence-electron chi connectivity index (χ0n) is 16.4. The van der Waals surface area contributed by atoms with Crippen LogP contribution in [-0.2, 0) is 10.9 Å². The molecule has 7 heteroatoms. The molecule has 2 aromatic carbocycles. The molecule has 0 radical (unpaired) electrons. The van der Waals surface area contributed by atoms with Gasteiger partial charge in [0.1, 0.15) is 0 Å². The van der Waals surface area contributed by atoms with Gasteiger partial charge in [-0.25, -0.2) is 0 Å². The first-order valence-electron chi connectivity index (χ1n) is 10.1. The average Bonchev–Trinajstić information content (AvgIpc) is 3.14. The summed E-state index contributed by atoms with van der Waals surface area (Å²) < 4.78 is 45.6. The third-order valence-corrected chi connectivity index (χ3v) is 6.57. The smallest absolute Gasteiger partial charge is 0.377 e. The van der Waals surface area contributed by atoms with E-state index in [2.05, 4.69) is 4.90 Å². The van der Waals surface area contributed by atoms with E-state index in [1.54, 1.807) is 6.07 Å². The van der Waals surface area contributed by atoms with Crippen molar-refractivity contribution in [3.63, 3.8) is 0 Å². The van der Waals surface area contributed by atoms with E-state index in [0.29, 0.717) is 18.3 Å². The van der Waals surface area contributed by atoms with Crippen LogP contribution in [0.1, 0.15) is 25.3 Å². The van der Waals surface area contributed by atoms with E-state index in [1.807, 2.05) is 36.1 Å². The van der Waals surface area contributed by atoms with Gasteiger partial charge in [-0.15, -0.1) is 0 Å². The zero-order valence-corrected chi connectivity index (χ0v) is 17.2. The van der Waals surface area contributed by atoms with Crippen molar-refractivity contribution in [2.24, 2.45) is 0 Å². The number of alkyl halides is 3. The van der Waals surface area contributed by atoms with Crippen molar-refractivity contribution < 1.29 is 17.9 Å². The molecule has 2 heterocycles. The first-order valence-corrected chi connectivity index (χ1v) is 10.9. The second-order valence-electron chi connectivity index (χ2n) is 7.42. The maximum Gasteiger partial charge on any atom is 0.416 e. The Labute approximate surface area is 173 Å². The van der Waals surface area contributed by atoms with Crippen molar-refractivity contribution in [2.45, 2.75) is 41.8 Å². The molecule has 0 aromatic heterocycles. The highest BCUT2D eigenvalue weighted by Gasteiger charge is 2.33. The number of ether oxygens (including phenoxy) is 1.